The number of alkyl halides is 1. The molecule has 0 saturated heterocycles. The van der Waals surface area contributed by atoms with E-state index in [9.17, 15) is 8.78 Å². The molecule has 3 heteroatoms. The molecule has 0 amide bonds. The van der Waals surface area contributed by atoms with E-state index in [1.165, 1.54) is 12.1 Å². The predicted octanol–water partition coefficient (Wildman–Crippen LogP) is 4.83. The lowest BCUT2D eigenvalue weighted by Gasteiger charge is -2.10. The quantitative estimate of drug-likeness (QED) is 0.504. The summed E-state index contributed by atoms with van der Waals surface area (Å²) in [5.74, 6) is -1.11. The van der Waals surface area contributed by atoms with Crippen molar-refractivity contribution in [3.63, 3.8) is 0 Å². The first kappa shape index (κ1) is 12.4. The second kappa shape index (κ2) is 6.06. The molecule has 0 aliphatic carbocycles. The summed E-state index contributed by atoms with van der Waals surface area (Å²) in [5, 5.41) is -0.350. The molecular formula is C12H15ClF2. The second-order valence-corrected chi connectivity index (χ2v) is 4.16. The molecule has 0 nitrogen and oxygen atoms in total. The Balaban J connectivity index is 2.61. The molecule has 1 rings (SSSR count). The third kappa shape index (κ3) is 3.78. The highest BCUT2D eigenvalue weighted by atomic mass is 35.5. The third-order valence-electron chi connectivity index (χ3n) is 2.36. The Labute approximate surface area is 94.3 Å². The maximum atomic E-state index is 13.3. The van der Waals surface area contributed by atoms with Crippen molar-refractivity contribution in [3.05, 3.63) is 35.4 Å². The normalized spacial score (nSPS) is 12.8. The molecule has 0 aliphatic rings. The fourth-order valence-corrected chi connectivity index (χ4v) is 1.82. The van der Waals surface area contributed by atoms with Gasteiger partial charge in [0.05, 0.1) is 5.38 Å². The van der Waals surface area contributed by atoms with Crippen LogP contribution in [0.3, 0.4) is 0 Å². The van der Waals surface area contributed by atoms with Crippen LogP contribution in [0.1, 0.15) is 43.5 Å². The molecule has 0 fully saturated rings. The van der Waals surface area contributed by atoms with Crippen molar-refractivity contribution < 1.29 is 8.78 Å². The van der Waals surface area contributed by atoms with Crippen molar-refractivity contribution in [2.75, 3.05) is 0 Å². The Morgan fingerprint density at radius 1 is 1.27 bits per heavy atom. The molecule has 0 heterocycles. The fourth-order valence-electron chi connectivity index (χ4n) is 1.48. The summed E-state index contributed by atoms with van der Waals surface area (Å²) >= 11 is 6.04. The van der Waals surface area contributed by atoms with Gasteiger partial charge in [0.2, 0.25) is 0 Å². The first-order chi connectivity index (χ1) is 7.15. The fraction of sp³-hybridized carbons (Fsp3) is 0.500. The largest absolute Gasteiger partial charge is 0.207 e. The zero-order valence-corrected chi connectivity index (χ0v) is 9.53. The monoisotopic (exact) mass is 232 g/mol. The predicted molar refractivity (Wildman–Crippen MR) is 59.1 cm³/mol. The van der Waals surface area contributed by atoms with Crippen LogP contribution < -0.4 is 0 Å². The van der Waals surface area contributed by atoms with Gasteiger partial charge in [-0.2, -0.15) is 0 Å². The van der Waals surface area contributed by atoms with E-state index >= 15 is 0 Å². The zero-order valence-electron chi connectivity index (χ0n) is 8.77. The molecule has 1 aromatic carbocycles. The Hall–Kier alpha value is -0.630. The molecule has 0 aromatic heterocycles. The maximum absolute atomic E-state index is 13.3. The molecule has 84 valence electrons. The van der Waals surface area contributed by atoms with Crippen molar-refractivity contribution >= 4 is 11.6 Å². The summed E-state index contributed by atoms with van der Waals surface area (Å²) in [6.07, 6.45) is 3.90. The summed E-state index contributed by atoms with van der Waals surface area (Å²) in [5.41, 5.74) is 0.397. The van der Waals surface area contributed by atoms with E-state index in [1.54, 1.807) is 0 Å². The van der Waals surface area contributed by atoms with Gasteiger partial charge in [-0.25, -0.2) is 8.78 Å². The van der Waals surface area contributed by atoms with Crippen LogP contribution >= 0.6 is 11.6 Å². The molecular weight excluding hydrogens is 218 g/mol. The molecule has 0 N–H and O–H groups in total. The molecule has 0 aliphatic heterocycles. The summed E-state index contributed by atoms with van der Waals surface area (Å²) in [6.45, 7) is 2.10. The van der Waals surface area contributed by atoms with Crippen LogP contribution in [0.15, 0.2) is 18.2 Å². The summed E-state index contributed by atoms with van der Waals surface area (Å²) in [4.78, 5) is 0. The molecule has 1 atom stereocenters. The van der Waals surface area contributed by atoms with Gasteiger partial charge in [0.15, 0.2) is 0 Å². The molecule has 15 heavy (non-hydrogen) atoms. The van der Waals surface area contributed by atoms with E-state index in [4.69, 9.17) is 11.6 Å². The minimum atomic E-state index is -0.561. The highest BCUT2D eigenvalue weighted by molar-refractivity contribution is 6.20. The smallest absolute Gasteiger partial charge is 0.130 e. The van der Waals surface area contributed by atoms with Gasteiger partial charge in [0.25, 0.3) is 0 Å². The standard InChI is InChI=1S/C12H15ClF2/c1-2-3-4-5-11(13)10-7-6-9(14)8-12(10)15/h6-8,11H,2-5H2,1H3. The average molecular weight is 233 g/mol. The number of hydrogen-bond acceptors (Lipinski definition) is 0. The van der Waals surface area contributed by atoms with Crippen molar-refractivity contribution in [1.29, 1.82) is 0 Å². The number of unbranched alkanes of at least 4 members (excludes halogenated alkanes) is 2. The van der Waals surface area contributed by atoms with Crippen LogP contribution in [0, 0.1) is 11.6 Å². The minimum Gasteiger partial charge on any atom is -0.207 e. The highest BCUT2D eigenvalue weighted by Crippen LogP contribution is 2.28. The number of halogens is 3. The molecule has 0 radical (unpaired) electrons. The third-order valence-corrected chi connectivity index (χ3v) is 2.81. The van der Waals surface area contributed by atoms with Crippen LogP contribution in [0.2, 0.25) is 0 Å². The van der Waals surface area contributed by atoms with Gasteiger partial charge in [-0.3, -0.25) is 0 Å². The van der Waals surface area contributed by atoms with Gasteiger partial charge in [-0.15, -0.1) is 11.6 Å². The van der Waals surface area contributed by atoms with E-state index in [0.29, 0.717) is 5.56 Å². The molecule has 0 saturated carbocycles. The lowest BCUT2D eigenvalue weighted by Crippen LogP contribution is -1.96. The van der Waals surface area contributed by atoms with Gasteiger partial charge in [0, 0.05) is 11.6 Å². The Morgan fingerprint density at radius 3 is 2.60 bits per heavy atom. The van der Waals surface area contributed by atoms with Gasteiger partial charge in [-0.1, -0.05) is 32.3 Å². The SMILES string of the molecule is CCCCCC(Cl)c1ccc(F)cc1F. The van der Waals surface area contributed by atoms with Crippen LogP contribution in [-0.4, -0.2) is 0 Å². The number of rotatable bonds is 5. The van der Waals surface area contributed by atoms with E-state index in [-0.39, 0.29) is 5.38 Å². The van der Waals surface area contributed by atoms with Crippen LogP contribution in [0.4, 0.5) is 8.78 Å². The van der Waals surface area contributed by atoms with Crippen molar-refractivity contribution in [2.24, 2.45) is 0 Å². The van der Waals surface area contributed by atoms with Gasteiger partial charge >= 0.3 is 0 Å². The van der Waals surface area contributed by atoms with Crippen LogP contribution in [0.25, 0.3) is 0 Å². The maximum Gasteiger partial charge on any atom is 0.130 e. The first-order valence-corrected chi connectivity index (χ1v) is 5.67. The Morgan fingerprint density at radius 2 is 2.00 bits per heavy atom. The average Bonchev–Trinajstić information content (AvgIpc) is 2.17. The number of benzene rings is 1. The van der Waals surface area contributed by atoms with E-state index in [1.807, 2.05) is 0 Å². The zero-order chi connectivity index (χ0) is 11.3. The molecule has 1 unspecified atom stereocenters. The topological polar surface area (TPSA) is 0 Å². The first-order valence-electron chi connectivity index (χ1n) is 5.24. The van der Waals surface area contributed by atoms with Gasteiger partial charge < -0.3 is 0 Å². The van der Waals surface area contributed by atoms with Gasteiger partial charge in [0.1, 0.15) is 11.6 Å². The summed E-state index contributed by atoms with van der Waals surface area (Å²) in [6, 6.07) is 3.55. The van der Waals surface area contributed by atoms with E-state index in [2.05, 4.69) is 6.92 Å². The van der Waals surface area contributed by atoms with Gasteiger partial charge in [-0.05, 0) is 12.5 Å². The number of hydrogen-bond donors (Lipinski definition) is 0. The summed E-state index contributed by atoms with van der Waals surface area (Å²) < 4.78 is 25.9. The molecule has 1 aromatic rings. The molecule has 0 bridgehead atoms. The van der Waals surface area contributed by atoms with Crippen molar-refractivity contribution in [1.82, 2.24) is 0 Å². The van der Waals surface area contributed by atoms with Crippen LogP contribution in [-0.2, 0) is 0 Å². The Bertz CT molecular complexity index is 312. The van der Waals surface area contributed by atoms with E-state index < -0.39 is 11.6 Å². The highest BCUT2D eigenvalue weighted by Gasteiger charge is 2.12. The van der Waals surface area contributed by atoms with Crippen LogP contribution in [0.5, 0.6) is 0 Å². The molecule has 0 spiro atoms. The Kier molecular flexibility index (Phi) is 5.03. The summed E-state index contributed by atoms with van der Waals surface area (Å²) in [7, 11) is 0. The minimum absolute atomic E-state index is 0.350. The van der Waals surface area contributed by atoms with Crippen molar-refractivity contribution in [2.45, 2.75) is 38.0 Å². The lowest BCUT2D eigenvalue weighted by atomic mass is 10.1. The lowest BCUT2D eigenvalue weighted by molar-refractivity contribution is 0.561. The van der Waals surface area contributed by atoms with Crippen molar-refractivity contribution in [3.8, 4) is 0 Å². The van der Waals surface area contributed by atoms with E-state index in [0.717, 1.165) is 31.7 Å². The second-order valence-electron chi connectivity index (χ2n) is 3.63.